The molecule has 1 aliphatic heterocycles. The number of pyridine rings is 1. The lowest BCUT2D eigenvalue weighted by atomic mass is 10.0. The van der Waals surface area contributed by atoms with Gasteiger partial charge in [-0.25, -0.2) is 9.78 Å². The lowest BCUT2D eigenvalue weighted by Gasteiger charge is -2.30. The quantitative estimate of drug-likeness (QED) is 0.926. The molecule has 1 saturated heterocycles. The van der Waals surface area contributed by atoms with E-state index in [4.69, 9.17) is 4.74 Å². The van der Waals surface area contributed by atoms with E-state index >= 15 is 0 Å². The number of hydrogen-bond acceptors (Lipinski definition) is 3. The molecule has 0 bridgehead atoms. The average molecular weight is 317 g/mol. The van der Waals surface area contributed by atoms with E-state index in [1.54, 1.807) is 6.20 Å². The minimum Gasteiger partial charge on any atom is -0.474 e. The first-order chi connectivity index (χ1) is 11.2. The van der Waals surface area contributed by atoms with Crippen molar-refractivity contribution >= 4 is 6.03 Å². The van der Waals surface area contributed by atoms with Gasteiger partial charge in [0.1, 0.15) is 6.10 Å². The molecule has 1 aliphatic carbocycles. The smallest absolute Gasteiger partial charge is 0.317 e. The molecule has 5 heteroatoms. The maximum absolute atomic E-state index is 12.2. The predicted molar refractivity (Wildman–Crippen MR) is 89.3 cm³/mol. The van der Waals surface area contributed by atoms with Crippen molar-refractivity contribution < 1.29 is 9.53 Å². The van der Waals surface area contributed by atoms with Crippen molar-refractivity contribution in [1.82, 2.24) is 15.2 Å². The number of aromatic nitrogens is 1. The van der Waals surface area contributed by atoms with Gasteiger partial charge in [0.15, 0.2) is 0 Å². The van der Waals surface area contributed by atoms with Gasteiger partial charge >= 0.3 is 6.03 Å². The van der Waals surface area contributed by atoms with E-state index in [1.165, 1.54) is 19.3 Å². The maximum atomic E-state index is 12.2. The van der Waals surface area contributed by atoms with Crippen LogP contribution in [0.1, 0.15) is 51.0 Å². The highest BCUT2D eigenvalue weighted by Gasteiger charge is 2.20. The lowest BCUT2D eigenvalue weighted by Crippen LogP contribution is -2.44. The summed E-state index contributed by atoms with van der Waals surface area (Å²) in [6.45, 7) is 4.44. The van der Waals surface area contributed by atoms with Gasteiger partial charge in [0.2, 0.25) is 5.88 Å². The number of carbonyl (C=O) groups is 1. The molecule has 5 nitrogen and oxygen atoms in total. The Balaban J connectivity index is 1.45. The van der Waals surface area contributed by atoms with Crippen molar-refractivity contribution in [1.29, 1.82) is 0 Å². The van der Waals surface area contributed by atoms with Gasteiger partial charge in [-0.3, -0.25) is 0 Å². The van der Waals surface area contributed by atoms with Crippen LogP contribution in [-0.2, 0) is 6.54 Å². The van der Waals surface area contributed by atoms with Crippen LogP contribution in [0.25, 0.3) is 0 Å². The second-order valence-corrected chi connectivity index (χ2v) is 6.88. The van der Waals surface area contributed by atoms with E-state index in [0.717, 1.165) is 37.9 Å². The Morgan fingerprint density at radius 3 is 2.83 bits per heavy atom. The number of nitrogens with one attached hydrogen (secondary N) is 1. The molecule has 2 aliphatic rings. The standard InChI is InChI=1S/C18H27N3O2/c1-14-5-4-10-21(13-14)18(22)20-12-15-8-9-17(19-11-15)23-16-6-2-3-7-16/h8-9,11,14,16H,2-7,10,12-13H2,1H3,(H,20,22). The van der Waals surface area contributed by atoms with E-state index in [9.17, 15) is 4.79 Å². The topological polar surface area (TPSA) is 54.5 Å². The van der Waals surface area contributed by atoms with Crippen molar-refractivity contribution in [3.8, 4) is 5.88 Å². The number of hydrogen-bond donors (Lipinski definition) is 1. The highest BCUT2D eigenvalue weighted by molar-refractivity contribution is 5.74. The zero-order valence-corrected chi connectivity index (χ0v) is 14.0. The molecule has 23 heavy (non-hydrogen) atoms. The summed E-state index contributed by atoms with van der Waals surface area (Å²) in [5, 5.41) is 2.99. The Hall–Kier alpha value is -1.78. The molecule has 1 N–H and O–H groups in total. The Labute approximate surface area is 138 Å². The van der Waals surface area contributed by atoms with Gasteiger partial charge in [-0.05, 0) is 50.0 Å². The van der Waals surface area contributed by atoms with E-state index in [2.05, 4.69) is 17.2 Å². The summed E-state index contributed by atoms with van der Waals surface area (Å²) in [7, 11) is 0. The number of ether oxygens (including phenoxy) is 1. The van der Waals surface area contributed by atoms with Crippen molar-refractivity contribution in [2.24, 2.45) is 5.92 Å². The Kier molecular flexibility index (Phi) is 5.36. The molecule has 1 saturated carbocycles. The molecule has 0 aromatic carbocycles. The van der Waals surface area contributed by atoms with Gasteiger partial charge in [-0.15, -0.1) is 0 Å². The number of carbonyl (C=O) groups excluding carboxylic acids is 1. The molecule has 0 spiro atoms. The summed E-state index contributed by atoms with van der Waals surface area (Å²) in [6.07, 6.45) is 9.21. The van der Waals surface area contributed by atoms with Gasteiger partial charge in [-0.2, -0.15) is 0 Å². The van der Waals surface area contributed by atoms with E-state index < -0.39 is 0 Å². The van der Waals surface area contributed by atoms with Crippen LogP contribution in [0.5, 0.6) is 5.88 Å². The fraction of sp³-hybridized carbons (Fsp3) is 0.667. The number of nitrogens with zero attached hydrogens (tertiary/aromatic N) is 2. The molecule has 2 fully saturated rings. The minimum atomic E-state index is 0.0304. The number of amides is 2. The van der Waals surface area contributed by atoms with Crippen LogP contribution in [0.4, 0.5) is 4.79 Å². The summed E-state index contributed by atoms with van der Waals surface area (Å²) in [5.41, 5.74) is 1.00. The van der Waals surface area contributed by atoms with Gasteiger partial charge < -0.3 is 15.0 Å². The van der Waals surface area contributed by atoms with Crippen LogP contribution in [0, 0.1) is 5.92 Å². The second kappa shape index (κ2) is 7.66. The maximum Gasteiger partial charge on any atom is 0.317 e. The zero-order chi connectivity index (χ0) is 16.1. The van der Waals surface area contributed by atoms with Crippen LogP contribution in [0.3, 0.4) is 0 Å². The molecule has 126 valence electrons. The summed E-state index contributed by atoms with van der Waals surface area (Å²) in [4.78, 5) is 18.5. The predicted octanol–water partition coefficient (Wildman–Crippen LogP) is 3.34. The highest BCUT2D eigenvalue weighted by Crippen LogP contribution is 2.22. The van der Waals surface area contributed by atoms with Crippen LogP contribution < -0.4 is 10.1 Å². The van der Waals surface area contributed by atoms with Crippen LogP contribution in [-0.4, -0.2) is 35.1 Å². The minimum absolute atomic E-state index is 0.0304. The van der Waals surface area contributed by atoms with E-state index in [-0.39, 0.29) is 6.03 Å². The van der Waals surface area contributed by atoms with Crippen molar-refractivity contribution in [3.63, 3.8) is 0 Å². The number of likely N-dealkylation sites (tertiary alicyclic amines) is 1. The first-order valence-corrected chi connectivity index (χ1v) is 8.85. The monoisotopic (exact) mass is 317 g/mol. The van der Waals surface area contributed by atoms with Gasteiger partial charge in [-0.1, -0.05) is 13.0 Å². The molecule has 2 heterocycles. The van der Waals surface area contributed by atoms with Crippen LogP contribution in [0.15, 0.2) is 18.3 Å². The fourth-order valence-corrected chi connectivity index (χ4v) is 3.43. The molecular formula is C18H27N3O2. The summed E-state index contributed by atoms with van der Waals surface area (Å²) >= 11 is 0. The summed E-state index contributed by atoms with van der Waals surface area (Å²) in [6, 6.07) is 3.92. The second-order valence-electron chi connectivity index (χ2n) is 6.88. The Bertz CT molecular complexity index is 512. The fourth-order valence-electron chi connectivity index (χ4n) is 3.43. The number of urea groups is 1. The highest BCUT2D eigenvalue weighted by atomic mass is 16.5. The molecule has 0 radical (unpaired) electrons. The molecular weight excluding hydrogens is 290 g/mol. The summed E-state index contributed by atoms with van der Waals surface area (Å²) < 4.78 is 5.86. The van der Waals surface area contributed by atoms with Crippen LogP contribution in [0.2, 0.25) is 0 Å². The van der Waals surface area contributed by atoms with Gasteiger partial charge in [0.25, 0.3) is 0 Å². The van der Waals surface area contributed by atoms with E-state index in [1.807, 2.05) is 17.0 Å². The van der Waals surface area contributed by atoms with Crippen molar-refractivity contribution in [2.45, 2.75) is 58.1 Å². The molecule has 1 unspecified atom stereocenters. The van der Waals surface area contributed by atoms with Crippen molar-refractivity contribution in [3.05, 3.63) is 23.9 Å². The zero-order valence-electron chi connectivity index (χ0n) is 14.0. The largest absolute Gasteiger partial charge is 0.474 e. The SMILES string of the molecule is CC1CCCN(C(=O)NCc2ccc(OC3CCCC3)nc2)C1. The normalized spacial score (nSPS) is 22.1. The third-order valence-corrected chi connectivity index (χ3v) is 4.78. The molecule has 1 aromatic rings. The average Bonchev–Trinajstić information content (AvgIpc) is 3.07. The van der Waals surface area contributed by atoms with Gasteiger partial charge in [0.05, 0.1) is 0 Å². The first kappa shape index (κ1) is 16.1. The molecule has 1 atom stereocenters. The Morgan fingerprint density at radius 2 is 2.13 bits per heavy atom. The third-order valence-electron chi connectivity index (χ3n) is 4.78. The number of piperidine rings is 1. The summed E-state index contributed by atoms with van der Waals surface area (Å²) in [5.74, 6) is 1.29. The first-order valence-electron chi connectivity index (χ1n) is 8.85. The van der Waals surface area contributed by atoms with Gasteiger partial charge in [0, 0.05) is 31.9 Å². The Morgan fingerprint density at radius 1 is 1.30 bits per heavy atom. The third kappa shape index (κ3) is 4.60. The molecule has 1 aromatic heterocycles. The van der Waals surface area contributed by atoms with E-state index in [0.29, 0.717) is 24.4 Å². The van der Waals surface area contributed by atoms with Crippen molar-refractivity contribution in [2.75, 3.05) is 13.1 Å². The molecule has 2 amide bonds. The number of rotatable bonds is 4. The van der Waals surface area contributed by atoms with Crippen LogP contribution >= 0.6 is 0 Å². The molecule has 3 rings (SSSR count). The lowest BCUT2D eigenvalue weighted by molar-refractivity contribution is 0.169.